The Bertz CT molecular complexity index is 2200. The van der Waals surface area contributed by atoms with Crippen LogP contribution in [-0.4, -0.2) is 25.2 Å². The van der Waals surface area contributed by atoms with E-state index in [0.717, 1.165) is 82.1 Å². The fourth-order valence-corrected chi connectivity index (χ4v) is 9.67. The van der Waals surface area contributed by atoms with Crippen molar-refractivity contribution in [2.45, 2.75) is 103 Å². The van der Waals surface area contributed by atoms with Gasteiger partial charge in [-0.05, 0) is 106 Å². The Kier molecular flexibility index (Phi) is 15.3. The zero-order valence-corrected chi connectivity index (χ0v) is 37.5. The number of ether oxygens (including phenoxy) is 4. The second kappa shape index (κ2) is 22.0. The molecule has 0 heterocycles. The molecular weight excluding hydrogens is 793 g/mol. The van der Waals surface area contributed by atoms with Crippen LogP contribution in [0.1, 0.15) is 125 Å². The van der Waals surface area contributed by atoms with Gasteiger partial charge in [0.1, 0.15) is 23.0 Å². The van der Waals surface area contributed by atoms with E-state index >= 15 is 0 Å². The monoisotopic (exact) mass is 854 g/mol. The van der Waals surface area contributed by atoms with Crippen LogP contribution in [0.2, 0.25) is 0 Å². The third-order valence-corrected chi connectivity index (χ3v) is 13.0. The molecule has 0 aliphatic heterocycles. The van der Waals surface area contributed by atoms with Crippen molar-refractivity contribution >= 4 is 11.9 Å². The quantitative estimate of drug-likeness (QED) is 0.0385. The molecule has 6 heteroatoms. The first-order valence-corrected chi connectivity index (χ1v) is 23.8. The van der Waals surface area contributed by atoms with Crippen molar-refractivity contribution < 1.29 is 28.5 Å². The predicted molar refractivity (Wildman–Crippen MR) is 256 cm³/mol. The van der Waals surface area contributed by atoms with Crippen LogP contribution >= 0.6 is 0 Å². The molecular formula is C58H62O6. The lowest BCUT2D eigenvalue weighted by molar-refractivity contribution is -0.153. The van der Waals surface area contributed by atoms with E-state index in [1.807, 2.05) is 97.1 Å². The predicted octanol–water partition coefficient (Wildman–Crippen LogP) is 14.5. The highest BCUT2D eigenvalue weighted by Crippen LogP contribution is 2.59. The normalized spacial score (nSPS) is 17.0. The van der Waals surface area contributed by atoms with Crippen LogP contribution in [0.4, 0.5) is 0 Å². The number of hydrogen-bond acceptors (Lipinski definition) is 6. The van der Waals surface area contributed by atoms with E-state index in [1.165, 1.54) is 64.2 Å². The molecule has 0 radical (unpaired) electrons. The highest BCUT2D eigenvalue weighted by Gasteiger charge is 2.56. The summed E-state index contributed by atoms with van der Waals surface area (Å²) in [6.07, 6.45) is 14.8. The van der Waals surface area contributed by atoms with Crippen molar-refractivity contribution in [1.29, 1.82) is 0 Å². The Labute approximate surface area is 380 Å². The second-order valence-corrected chi connectivity index (χ2v) is 17.4. The number of fused-ring (bicyclic) bond motifs is 1. The average molecular weight is 855 g/mol. The molecule has 0 aromatic heterocycles. The van der Waals surface area contributed by atoms with Gasteiger partial charge in [-0.1, -0.05) is 175 Å². The standard InChI is InChI=1S/C58H62O6/c1-3-5-7-9-11-17-39-61-45-31-23-41(24-32-45)43-27-35-47(36-28-43)63-57(59)55-53-49-19-13-15-21-51(49)54(52-22-16-14-20-50(52)53)56(55)58(60)64-48-37-29-44(30-38-48)42-25-33-46(34-26-42)62-40-18-12-10-8-6-4-2/h13-16,19-38,53-56H,3-12,17-18,39-40H2,1-2H3. The van der Waals surface area contributed by atoms with Crippen molar-refractivity contribution in [2.75, 3.05) is 13.2 Å². The SMILES string of the molecule is CCCCCCCCOc1ccc(-c2ccc(OC(=O)C3C4c5ccccc5C(c5ccccc54)C3C(=O)Oc3ccc(-c4ccc(OCCCCCCCC)cc4)cc3)cc2)cc1. The minimum absolute atomic E-state index is 0.372. The third kappa shape index (κ3) is 10.6. The average Bonchev–Trinajstić information content (AvgIpc) is 3.34. The van der Waals surface area contributed by atoms with Gasteiger partial charge in [0, 0.05) is 11.8 Å². The molecule has 6 nitrogen and oxygen atoms in total. The number of benzene rings is 6. The summed E-state index contributed by atoms with van der Waals surface area (Å²) < 4.78 is 24.4. The molecule has 0 spiro atoms. The summed E-state index contributed by atoms with van der Waals surface area (Å²) in [7, 11) is 0. The zero-order chi connectivity index (χ0) is 44.1. The Morgan fingerprint density at radius 2 is 0.641 bits per heavy atom. The van der Waals surface area contributed by atoms with E-state index < -0.39 is 23.8 Å². The molecule has 330 valence electrons. The lowest BCUT2D eigenvalue weighted by atomic mass is 9.54. The van der Waals surface area contributed by atoms with Crippen LogP contribution in [0.25, 0.3) is 22.3 Å². The number of carbonyl (C=O) groups is 2. The first-order chi connectivity index (χ1) is 31.5. The van der Waals surface area contributed by atoms with Gasteiger partial charge < -0.3 is 18.9 Å². The molecule has 2 atom stereocenters. The smallest absolute Gasteiger partial charge is 0.316 e. The molecule has 0 amide bonds. The molecule has 0 fully saturated rings. The fourth-order valence-electron chi connectivity index (χ4n) is 9.67. The molecule has 64 heavy (non-hydrogen) atoms. The first kappa shape index (κ1) is 44.5. The van der Waals surface area contributed by atoms with E-state index in [0.29, 0.717) is 11.5 Å². The summed E-state index contributed by atoms with van der Waals surface area (Å²) in [5, 5.41) is 0. The van der Waals surface area contributed by atoms with Gasteiger partial charge in [-0.25, -0.2) is 0 Å². The third-order valence-electron chi connectivity index (χ3n) is 13.0. The summed E-state index contributed by atoms with van der Waals surface area (Å²) in [5.74, 6) is -0.657. The van der Waals surface area contributed by atoms with E-state index in [1.54, 1.807) is 0 Å². The summed E-state index contributed by atoms with van der Waals surface area (Å²) in [5.41, 5.74) is 8.29. The molecule has 6 aromatic carbocycles. The summed E-state index contributed by atoms with van der Waals surface area (Å²) in [4.78, 5) is 29.2. The zero-order valence-electron chi connectivity index (χ0n) is 37.5. The molecule has 2 unspecified atom stereocenters. The van der Waals surface area contributed by atoms with Crippen molar-refractivity contribution in [1.82, 2.24) is 0 Å². The number of rotatable bonds is 22. The highest BCUT2D eigenvalue weighted by atomic mass is 16.5. The molecule has 2 bridgehead atoms. The summed E-state index contributed by atoms with van der Waals surface area (Å²) in [6, 6.07) is 47.7. The molecule has 9 rings (SSSR count). The van der Waals surface area contributed by atoms with Crippen molar-refractivity contribution in [3.63, 3.8) is 0 Å². The summed E-state index contributed by atoms with van der Waals surface area (Å²) >= 11 is 0. The Morgan fingerprint density at radius 3 is 0.953 bits per heavy atom. The van der Waals surface area contributed by atoms with E-state index in [4.69, 9.17) is 18.9 Å². The van der Waals surface area contributed by atoms with Crippen LogP contribution < -0.4 is 18.9 Å². The van der Waals surface area contributed by atoms with Gasteiger partial charge in [0.15, 0.2) is 0 Å². The van der Waals surface area contributed by atoms with Crippen molar-refractivity contribution in [3.05, 3.63) is 168 Å². The van der Waals surface area contributed by atoms with Crippen LogP contribution in [0.15, 0.2) is 146 Å². The van der Waals surface area contributed by atoms with E-state index in [2.05, 4.69) is 62.4 Å². The fraction of sp³-hybridized carbons (Fsp3) is 0.345. The molecule has 0 N–H and O–H groups in total. The molecule has 3 aliphatic carbocycles. The van der Waals surface area contributed by atoms with Crippen LogP contribution in [-0.2, 0) is 9.59 Å². The molecule has 3 aliphatic rings. The van der Waals surface area contributed by atoms with Gasteiger partial charge in [-0.2, -0.15) is 0 Å². The van der Waals surface area contributed by atoms with Crippen LogP contribution in [0, 0.1) is 11.8 Å². The topological polar surface area (TPSA) is 71.1 Å². The van der Waals surface area contributed by atoms with Crippen LogP contribution in [0.5, 0.6) is 23.0 Å². The Morgan fingerprint density at radius 1 is 0.359 bits per heavy atom. The van der Waals surface area contributed by atoms with Gasteiger partial charge in [0.2, 0.25) is 0 Å². The number of carbonyl (C=O) groups excluding carboxylic acids is 2. The van der Waals surface area contributed by atoms with Gasteiger partial charge in [-0.15, -0.1) is 0 Å². The maximum atomic E-state index is 14.6. The van der Waals surface area contributed by atoms with E-state index in [-0.39, 0.29) is 11.8 Å². The first-order valence-electron chi connectivity index (χ1n) is 23.8. The molecule has 6 aromatic rings. The van der Waals surface area contributed by atoms with Crippen molar-refractivity contribution in [3.8, 4) is 45.3 Å². The minimum Gasteiger partial charge on any atom is -0.494 e. The molecule has 0 saturated carbocycles. The lowest BCUT2D eigenvalue weighted by Gasteiger charge is -2.48. The number of unbranched alkanes of at least 4 members (excludes halogenated alkanes) is 10. The van der Waals surface area contributed by atoms with Crippen LogP contribution in [0.3, 0.4) is 0 Å². The molecule has 0 saturated heterocycles. The lowest BCUT2D eigenvalue weighted by Crippen LogP contribution is -2.49. The Hall–Kier alpha value is -6.14. The van der Waals surface area contributed by atoms with Crippen molar-refractivity contribution in [2.24, 2.45) is 11.8 Å². The number of esters is 2. The van der Waals surface area contributed by atoms with E-state index in [9.17, 15) is 9.59 Å². The Balaban J connectivity index is 0.943. The van der Waals surface area contributed by atoms with Gasteiger partial charge in [0.05, 0.1) is 25.0 Å². The maximum Gasteiger partial charge on any atom is 0.316 e. The van der Waals surface area contributed by atoms with Gasteiger partial charge in [0.25, 0.3) is 0 Å². The maximum absolute atomic E-state index is 14.6. The summed E-state index contributed by atoms with van der Waals surface area (Å²) in [6.45, 7) is 5.92. The largest absolute Gasteiger partial charge is 0.494 e. The minimum atomic E-state index is -0.799. The van der Waals surface area contributed by atoms with Gasteiger partial charge >= 0.3 is 11.9 Å². The van der Waals surface area contributed by atoms with Gasteiger partial charge in [-0.3, -0.25) is 9.59 Å². The number of hydrogen-bond donors (Lipinski definition) is 0. The second-order valence-electron chi connectivity index (χ2n) is 17.4. The highest BCUT2D eigenvalue weighted by molar-refractivity contribution is 5.90.